The van der Waals surface area contributed by atoms with Crippen LogP contribution in [0, 0.1) is 22.7 Å². The molecule has 4 aliphatic rings. The van der Waals surface area contributed by atoms with Gasteiger partial charge in [0.25, 0.3) is 0 Å². The molecule has 146 valence electrons. The molecule has 0 amide bonds. The lowest BCUT2D eigenvalue weighted by Gasteiger charge is -2.59. The Morgan fingerprint density at radius 1 is 1.31 bits per heavy atom. The molecule has 7 unspecified atom stereocenters. The molecule has 1 heterocycles. The second-order valence-electron chi connectivity index (χ2n) is 9.73. The van der Waals surface area contributed by atoms with Crippen molar-refractivity contribution in [2.45, 2.75) is 83.2 Å². The van der Waals surface area contributed by atoms with Crippen LogP contribution in [0.4, 0.5) is 0 Å². The minimum absolute atomic E-state index is 0.0974. The largest absolute Gasteiger partial charge is 0.469 e. The van der Waals surface area contributed by atoms with Gasteiger partial charge >= 0.3 is 5.97 Å². The van der Waals surface area contributed by atoms with Gasteiger partial charge in [-0.15, -0.1) is 0 Å². The summed E-state index contributed by atoms with van der Waals surface area (Å²) in [6.45, 7) is 8.24. The van der Waals surface area contributed by atoms with Crippen LogP contribution in [0.5, 0.6) is 0 Å². The van der Waals surface area contributed by atoms with Gasteiger partial charge in [-0.1, -0.05) is 33.3 Å². The van der Waals surface area contributed by atoms with E-state index in [0.717, 1.165) is 31.3 Å². The molecule has 7 atom stereocenters. The van der Waals surface area contributed by atoms with E-state index in [4.69, 9.17) is 9.47 Å². The zero-order valence-electron chi connectivity index (χ0n) is 16.5. The summed E-state index contributed by atoms with van der Waals surface area (Å²) in [4.78, 5) is 12.6. The van der Waals surface area contributed by atoms with E-state index >= 15 is 0 Å². The molecule has 0 aromatic heterocycles. The first-order chi connectivity index (χ1) is 12.1. The van der Waals surface area contributed by atoms with Gasteiger partial charge in [-0.25, -0.2) is 0 Å². The second kappa shape index (κ2) is 5.33. The summed E-state index contributed by atoms with van der Waals surface area (Å²) in [7, 11) is 1.46. The fourth-order valence-corrected chi connectivity index (χ4v) is 6.85. The smallest absolute Gasteiger partial charge is 0.311 e. The van der Waals surface area contributed by atoms with Crippen molar-refractivity contribution in [1.82, 2.24) is 0 Å². The molecule has 4 rings (SSSR count). The Hall–Kier alpha value is -0.910. The second-order valence-corrected chi connectivity index (χ2v) is 9.73. The number of ether oxygens (including phenoxy) is 2. The van der Waals surface area contributed by atoms with Crippen molar-refractivity contribution in [3.05, 3.63) is 11.6 Å². The van der Waals surface area contributed by atoms with Crippen molar-refractivity contribution >= 4 is 5.97 Å². The zero-order chi connectivity index (χ0) is 19.1. The summed E-state index contributed by atoms with van der Waals surface area (Å²) in [5, 5.41) is 22.6. The van der Waals surface area contributed by atoms with E-state index in [2.05, 4.69) is 6.92 Å². The van der Waals surface area contributed by atoms with Crippen LogP contribution in [0.1, 0.15) is 59.8 Å². The number of carbonyl (C=O) groups is 1. The summed E-state index contributed by atoms with van der Waals surface area (Å²) in [6, 6.07) is 0. The average Bonchev–Trinajstić information content (AvgIpc) is 3.35. The molecule has 2 saturated carbocycles. The molecule has 1 saturated heterocycles. The lowest BCUT2D eigenvalue weighted by atomic mass is 9.45. The highest BCUT2D eigenvalue weighted by Crippen LogP contribution is 2.68. The SMILES string of the molecule is COC(=O)C1(C)CCCC2(C)C3=CC(O)C4(C(C)C)OC4C3(O)CCC12. The van der Waals surface area contributed by atoms with Gasteiger partial charge in [-0.2, -0.15) is 0 Å². The number of rotatable bonds is 2. The van der Waals surface area contributed by atoms with Crippen molar-refractivity contribution in [1.29, 1.82) is 0 Å². The predicted molar refractivity (Wildman–Crippen MR) is 96.3 cm³/mol. The Morgan fingerprint density at radius 2 is 2.00 bits per heavy atom. The van der Waals surface area contributed by atoms with Crippen molar-refractivity contribution < 1.29 is 24.5 Å². The van der Waals surface area contributed by atoms with Gasteiger partial charge in [0.1, 0.15) is 23.4 Å². The Morgan fingerprint density at radius 3 is 2.62 bits per heavy atom. The zero-order valence-corrected chi connectivity index (χ0v) is 16.5. The fraction of sp³-hybridized carbons (Fsp3) is 0.857. The topological polar surface area (TPSA) is 79.3 Å². The van der Waals surface area contributed by atoms with Crippen molar-refractivity contribution in [3.8, 4) is 0 Å². The average molecular weight is 364 g/mol. The van der Waals surface area contributed by atoms with Gasteiger partial charge in [0.15, 0.2) is 0 Å². The molecule has 1 aliphatic heterocycles. The molecule has 5 nitrogen and oxygen atoms in total. The van der Waals surface area contributed by atoms with Crippen LogP contribution in [0.25, 0.3) is 0 Å². The number of aliphatic hydroxyl groups is 2. The number of aliphatic hydroxyl groups excluding tert-OH is 1. The quantitative estimate of drug-likeness (QED) is 0.447. The highest BCUT2D eigenvalue weighted by atomic mass is 16.6. The number of fused-ring (bicyclic) bond motifs is 5. The molecule has 0 spiro atoms. The van der Waals surface area contributed by atoms with Gasteiger partial charge in [0.05, 0.1) is 12.5 Å². The number of epoxide rings is 1. The lowest BCUT2D eigenvalue weighted by Crippen LogP contribution is -2.61. The third-order valence-corrected chi connectivity index (χ3v) is 8.28. The maximum Gasteiger partial charge on any atom is 0.311 e. The van der Waals surface area contributed by atoms with E-state index in [9.17, 15) is 15.0 Å². The molecule has 0 bridgehead atoms. The van der Waals surface area contributed by atoms with Crippen LogP contribution in [0.2, 0.25) is 0 Å². The molecular weight excluding hydrogens is 332 g/mol. The Kier molecular flexibility index (Phi) is 3.78. The Balaban J connectivity index is 1.79. The van der Waals surface area contributed by atoms with E-state index in [0.29, 0.717) is 6.42 Å². The Labute approximate surface area is 155 Å². The molecular formula is C21H32O5. The molecule has 0 aromatic rings. The van der Waals surface area contributed by atoms with Crippen LogP contribution in [0.3, 0.4) is 0 Å². The molecule has 0 aromatic carbocycles. The van der Waals surface area contributed by atoms with Crippen LogP contribution in [-0.2, 0) is 14.3 Å². The monoisotopic (exact) mass is 364 g/mol. The summed E-state index contributed by atoms with van der Waals surface area (Å²) in [5.41, 5.74) is -1.69. The van der Waals surface area contributed by atoms with Gasteiger partial charge in [0, 0.05) is 0 Å². The standard InChI is InChI=1S/C21H32O5/c1-12(2)21-15(22)11-14-18(3)8-6-9-19(4,17(23)25-5)13(18)7-10-20(14,24)16(21)26-21/h11-13,15-16,22,24H,6-10H2,1-5H3. The summed E-state index contributed by atoms with van der Waals surface area (Å²) in [5.74, 6) is 0.0665. The number of esters is 1. The molecule has 0 radical (unpaired) electrons. The fourth-order valence-electron chi connectivity index (χ4n) is 6.85. The van der Waals surface area contributed by atoms with Crippen LogP contribution < -0.4 is 0 Å². The van der Waals surface area contributed by atoms with Crippen molar-refractivity contribution in [2.24, 2.45) is 22.7 Å². The first-order valence-electron chi connectivity index (χ1n) is 9.97. The minimum atomic E-state index is -1.04. The van der Waals surface area contributed by atoms with Crippen molar-refractivity contribution in [2.75, 3.05) is 7.11 Å². The molecule has 3 aliphatic carbocycles. The summed E-state index contributed by atoms with van der Waals surface area (Å²) < 4.78 is 11.2. The highest BCUT2D eigenvalue weighted by molar-refractivity contribution is 5.77. The molecule has 2 N–H and O–H groups in total. The summed E-state index contributed by atoms with van der Waals surface area (Å²) >= 11 is 0. The van der Waals surface area contributed by atoms with E-state index in [1.807, 2.05) is 26.8 Å². The van der Waals surface area contributed by atoms with E-state index in [1.54, 1.807) is 0 Å². The third kappa shape index (κ3) is 1.95. The minimum Gasteiger partial charge on any atom is -0.469 e. The summed E-state index contributed by atoms with van der Waals surface area (Å²) in [6.07, 6.45) is 4.74. The Bertz CT molecular complexity index is 671. The highest BCUT2D eigenvalue weighted by Gasteiger charge is 2.76. The first kappa shape index (κ1) is 18.5. The molecule has 5 heteroatoms. The molecule has 26 heavy (non-hydrogen) atoms. The van der Waals surface area contributed by atoms with E-state index < -0.39 is 22.7 Å². The van der Waals surface area contributed by atoms with Gasteiger partial charge in [0.2, 0.25) is 0 Å². The van der Waals surface area contributed by atoms with Crippen molar-refractivity contribution in [3.63, 3.8) is 0 Å². The van der Waals surface area contributed by atoms with E-state index in [1.165, 1.54) is 7.11 Å². The predicted octanol–water partition coefficient (Wildman–Crippen LogP) is 2.59. The number of carbonyl (C=O) groups excluding carboxylic acids is 1. The number of hydrogen-bond donors (Lipinski definition) is 2. The van der Waals surface area contributed by atoms with Crippen LogP contribution >= 0.6 is 0 Å². The molecule has 3 fully saturated rings. The third-order valence-electron chi connectivity index (χ3n) is 8.28. The maximum absolute atomic E-state index is 12.6. The lowest BCUT2D eigenvalue weighted by molar-refractivity contribution is -0.167. The van der Waals surface area contributed by atoms with Crippen LogP contribution in [-0.4, -0.2) is 46.7 Å². The maximum atomic E-state index is 12.6. The van der Waals surface area contributed by atoms with Crippen LogP contribution in [0.15, 0.2) is 11.6 Å². The first-order valence-corrected chi connectivity index (χ1v) is 9.97. The van der Waals surface area contributed by atoms with Gasteiger partial charge < -0.3 is 19.7 Å². The normalized spacial score (nSPS) is 52.5. The number of methoxy groups -OCH3 is 1. The van der Waals surface area contributed by atoms with Gasteiger partial charge in [-0.3, -0.25) is 4.79 Å². The van der Waals surface area contributed by atoms with Gasteiger partial charge in [-0.05, 0) is 55.4 Å². The van der Waals surface area contributed by atoms with E-state index in [-0.39, 0.29) is 29.3 Å². The number of hydrogen-bond acceptors (Lipinski definition) is 5.